The number of anilines is 1. The van der Waals surface area contributed by atoms with Gasteiger partial charge < -0.3 is 15.3 Å². The maximum atomic E-state index is 12.4. The first-order valence-electron chi connectivity index (χ1n) is 8.44. The Balaban J connectivity index is 1.60. The molecule has 0 heterocycles. The third kappa shape index (κ3) is 4.45. The highest BCUT2D eigenvalue weighted by atomic mass is 16.3. The van der Waals surface area contributed by atoms with E-state index in [1.165, 1.54) is 4.90 Å². The quantitative estimate of drug-likeness (QED) is 0.851. The number of benzene rings is 2. The lowest BCUT2D eigenvalue weighted by Gasteiger charge is -2.20. The Morgan fingerprint density at radius 3 is 2.28 bits per heavy atom. The van der Waals surface area contributed by atoms with E-state index in [9.17, 15) is 14.7 Å². The van der Waals surface area contributed by atoms with Crippen LogP contribution < -0.4 is 5.32 Å². The fourth-order valence-electron chi connectivity index (χ4n) is 2.70. The van der Waals surface area contributed by atoms with Crippen molar-refractivity contribution in [3.05, 3.63) is 65.7 Å². The Labute approximate surface area is 147 Å². The van der Waals surface area contributed by atoms with Crippen LogP contribution >= 0.6 is 0 Å². The smallest absolute Gasteiger partial charge is 0.255 e. The van der Waals surface area contributed by atoms with Crippen LogP contribution in [-0.4, -0.2) is 41.5 Å². The maximum absolute atomic E-state index is 12.4. The molecular formula is C20H22N2O3. The Morgan fingerprint density at radius 2 is 1.68 bits per heavy atom. The van der Waals surface area contributed by atoms with E-state index in [0.29, 0.717) is 23.6 Å². The van der Waals surface area contributed by atoms with Crippen LogP contribution in [0.3, 0.4) is 0 Å². The number of aliphatic hydroxyl groups excluding tert-OH is 1. The van der Waals surface area contributed by atoms with Gasteiger partial charge in [0.2, 0.25) is 0 Å². The number of para-hydroxylation sites is 1. The van der Waals surface area contributed by atoms with Crippen molar-refractivity contribution in [1.82, 2.24) is 4.90 Å². The first-order valence-corrected chi connectivity index (χ1v) is 8.44. The number of hydrogen-bond acceptors (Lipinski definition) is 3. The van der Waals surface area contributed by atoms with Gasteiger partial charge in [0.25, 0.3) is 11.8 Å². The lowest BCUT2D eigenvalue weighted by Crippen LogP contribution is -2.35. The third-order valence-electron chi connectivity index (χ3n) is 4.40. The lowest BCUT2D eigenvalue weighted by atomic mass is 10.1. The highest BCUT2D eigenvalue weighted by Gasteiger charge is 2.31. The second kappa shape index (κ2) is 7.49. The van der Waals surface area contributed by atoms with E-state index in [1.54, 1.807) is 31.3 Å². The Bertz CT molecular complexity index is 739. The number of nitrogens with one attached hydrogen (secondary N) is 1. The first-order chi connectivity index (χ1) is 12.0. The molecule has 5 nitrogen and oxygen atoms in total. The minimum atomic E-state index is -0.454. The Hall–Kier alpha value is -2.66. The molecule has 2 aromatic carbocycles. The molecular weight excluding hydrogens is 316 g/mol. The fraction of sp³-hybridized carbons (Fsp3) is 0.300. The van der Waals surface area contributed by atoms with Gasteiger partial charge in [0.1, 0.15) is 0 Å². The predicted molar refractivity (Wildman–Crippen MR) is 96.5 cm³/mol. The number of rotatable bonds is 6. The number of aliphatic hydroxyl groups is 1. The average Bonchev–Trinajstić information content (AvgIpc) is 3.47. The Morgan fingerprint density at radius 1 is 1.08 bits per heavy atom. The molecule has 2 N–H and O–H groups in total. The lowest BCUT2D eigenvalue weighted by molar-refractivity contribution is 0.0645. The molecule has 1 atom stereocenters. The molecule has 5 heteroatoms. The summed E-state index contributed by atoms with van der Waals surface area (Å²) in [5.74, 6) is -0.0447. The van der Waals surface area contributed by atoms with E-state index in [2.05, 4.69) is 5.32 Å². The average molecular weight is 338 g/mol. The number of nitrogens with zero attached hydrogens (tertiary/aromatic N) is 1. The number of likely N-dealkylation sites (N-methyl/N-ethyl adjacent to an activating group) is 1. The van der Waals surface area contributed by atoms with E-state index in [0.717, 1.165) is 18.5 Å². The summed E-state index contributed by atoms with van der Waals surface area (Å²) in [6.07, 6.45) is 1.62. The molecule has 0 radical (unpaired) electrons. The summed E-state index contributed by atoms with van der Waals surface area (Å²) in [4.78, 5) is 26.2. The van der Waals surface area contributed by atoms with E-state index in [4.69, 9.17) is 0 Å². The zero-order valence-electron chi connectivity index (χ0n) is 14.2. The molecule has 2 amide bonds. The van der Waals surface area contributed by atoms with Gasteiger partial charge in [0, 0.05) is 30.4 Å². The summed E-state index contributed by atoms with van der Waals surface area (Å²) < 4.78 is 0. The second-order valence-corrected chi connectivity index (χ2v) is 6.49. The molecule has 1 aliphatic carbocycles. The van der Waals surface area contributed by atoms with Gasteiger partial charge >= 0.3 is 0 Å². The van der Waals surface area contributed by atoms with Crippen LogP contribution in [0.1, 0.15) is 33.6 Å². The van der Waals surface area contributed by atoms with E-state index >= 15 is 0 Å². The second-order valence-electron chi connectivity index (χ2n) is 6.49. The van der Waals surface area contributed by atoms with Crippen LogP contribution in [0.4, 0.5) is 5.69 Å². The topological polar surface area (TPSA) is 69.6 Å². The highest BCUT2D eigenvalue weighted by Crippen LogP contribution is 2.32. The minimum Gasteiger partial charge on any atom is -0.391 e. The van der Waals surface area contributed by atoms with E-state index in [1.807, 2.05) is 30.3 Å². The molecule has 25 heavy (non-hydrogen) atoms. The molecule has 0 spiro atoms. The minimum absolute atomic E-state index is 0.158. The normalized spacial score (nSPS) is 14.6. The molecule has 1 unspecified atom stereocenters. The van der Waals surface area contributed by atoms with E-state index in [-0.39, 0.29) is 11.8 Å². The highest BCUT2D eigenvalue weighted by molar-refractivity contribution is 6.05. The van der Waals surface area contributed by atoms with Crippen LogP contribution in [-0.2, 0) is 0 Å². The summed E-state index contributed by atoms with van der Waals surface area (Å²) in [6, 6.07) is 15.8. The number of hydrogen-bond donors (Lipinski definition) is 2. The predicted octanol–water partition coefficient (Wildman–Crippen LogP) is 2.78. The zero-order chi connectivity index (χ0) is 17.8. The molecule has 1 fully saturated rings. The first kappa shape index (κ1) is 17.2. The summed E-state index contributed by atoms with van der Waals surface area (Å²) in [6.45, 7) is 0.333. The van der Waals surface area contributed by atoms with Gasteiger partial charge in [-0.15, -0.1) is 0 Å². The molecule has 2 aromatic rings. The van der Waals surface area contributed by atoms with Gasteiger partial charge in [0.15, 0.2) is 0 Å². The van der Waals surface area contributed by atoms with Crippen LogP contribution in [0.25, 0.3) is 0 Å². The van der Waals surface area contributed by atoms with Gasteiger partial charge in [0.05, 0.1) is 6.10 Å². The van der Waals surface area contributed by atoms with Gasteiger partial charge in [-0.1, -0.05) is 18.2 Å². The summed E-state index contributed by atoms with van der Waals surface area (Å²) in [5, 5.41) is 12.8. The molecule has 1 saturated carbocycles. The van der Waals surface area contributed by atoms with Gasteiger partial charge in [-0.3, -0.25) is 9.59 Å². The molecule has 0 bridgehead atoms. The molecule has 1 aliphatic rings. The van der Waals surface area contributed by atoms with Crippen molar-refractivity contribution in [2.75, 3.05) is 18.9 Å². The molecule has 0 aliphatic heterocycles. The van der Waals surface area contributed by atoms with Crippen molar-refractivity contribution in [2.24, 2.45) is 5.92 Å². The van der Waals surface area contributed by atoms with Gasteiger partial charge in [-0.2, -0.15) is 0 Å². The van der Waals surface area contributed by atoms with Crippen molar-refractivity contribution in [2.45, 2.75) is 18.9 Å². The van der Waals surface area contributed by atoms with Crippen molar-refractivity contribution in [1.29, 1.82) is 0 Å². The number of carbonyl (C=O) groups excluding carboxylic acids is 2. The Kier molecular flexibility index (Phi) is 5.14. The molecule has 3 rings (SSSR count). The summed E-state index contributed by atoms with van der Waals surface area (Å²) in [5.41, 5.74) is 1.71. The molecule has 130 valence electrons. The van der Waals surface area contributed by atoms with Crippen LogP contribution in [0.5, 0.6) is 0 Å². The van der Waals surface area contributed by atoms with Crippen molar-refractivity contribution < 1.29 is 14.7 Å². The largest absolute Gasteiger partial charge is 0.391 e. The summed E-state index contributed by atoms with van der Waals surface area (Å²) >= 11 is 0. The molecule has 0 aromatic heterocycles. The van der Waals surface area contributed by atoms with Gasteiger partial charge in [-0.25, -0.2) is 0 Å². The number of carbonyl (C=O) groups is 2. The van der Waals surface area contributed by atoms with Gasteiger partial charge in [-0.05, 0) is 55.2 Å². The zero-order valence-corrected chi connectivity index (χ0v) is 14.2. The van der Waals surface area contributed by atoms with Crippen molar-refractivity contribution >= 4 is 17.5 Å². The van der Waals surface area contributed by atoms with Crippen LogP contribution in [0, 0.1) is 5.92 Å². The number of amides is 2. The SMILES string of the molecule is CN(CC(O)C1CC1)C(=O)c1ccc(C(=O)Nc2ccccc2)cc1. The van der Waals surface area contributed by atoms with Crippen molar-refractivity contribution in [3.63, 3.8) is 0 Å². The standard InChI is InChI=1S/C20H22N2O3/c1-22(13-18(23)14-7-8-14)20(25)16-11-9-15(10-12-16)19(24)21-17-5-3-2-4-6-17/h2-6,9-12,14,18,23H,7-8,13H2,1H3,(H,21,24). The van der Waals surface area contributed by atoms with Crippen LogP contribution in [0.2, 0.25) is 0 Å². The van der Waals surface area contributed by atoms with Crippen molar-refractivity contribution in [3.8, 4) is 0 Å². The van der Waals surface area contributed by atoms with Crippen LogP contribution in [0.15, 0.2) is 54.6 Å². The molecule has 0 saturated heterocycles. The third-order valence-corrected chi connectivity index (χ3v) is 4.40. The summed E-state index contributed by atoms with van der Waals surface area (Å²) in [7, 11) is 1.68. The van der Waals surface area contributed by atoms with E-state index < -0.39 is 6.10 Å². The maximum Gasteiger partial charge on any atom is 0.255 e. The fourth-order valence-corrected chi connectivity index (χ4v) is 2.70. The monoisotopic (exact) mass is 338 g/mol.